The van der Waals surface area contributed by atoms with Crippen LogP contribution in [0.4, 0.5) is 0 Å². The number of carboxylic acids is 1. The minimum absolute atomic E-state index is 0.0469. The summed E-state index contributed by atoms with van der Waals surface area (Å²) in [5, 5.41) is 9.61. The van der Waals surface area contributed by atoms with Crippen molar-refractivity contribution >= 4 is 32.4 Å². The summed E-state index contributed by atoms with van der Waals surface area (Å²) in [5.74, 6) is -0.781. The molecule has 1 fully saturated rings. The topological polar surface area (TPSA) is 58.8 Å². The third kappa shape index (κ3) is 2.27. The number of aromatic nitrogens is 1. The maximum Gasteiger partial charge on any atom is 0.338 e. The number of fused-ring (bicyclic) bond motifs is 3. The van der Waals surface area contributed by atoms with Crippen LogP contribution in [0.5, 0.6) is 0 Å². The Morgan fingerprint density at radius 2 is 1.91 bits per heavy atom. The Morgan fingerprint density at radius 1 is 1.17 bits per heavy atom. The molecule has 0 spiro atoms. The number of rotatable bonds is 2. The number of para-hydroxylation sites is 1. The standard InChI is InChI=1S/C18H17NO3S/c20-16-12(11-6-2-1-3-7-11)10-13(18(21)22)17-19(16)14-8-4-5-9-15(14)23-17/h4-5,8-11H,1-3,6-7H2,(H,21,22). The van der Waals surface area contributed by atoms with E-state index in [1.807, 2.05) is 24.3 Å². The highest BCUT2D eigenvalue weighted by Gasteiger charge is 2.24. The van der Waals surface area contributed by atoms with Gasteiger partial charge in [0.2, 0.25) is 0 Å². The van der Waals surface area contributed by atoms with Gasteiger partial charge >= 0.3 is 5.97 Å². The Hall–Kier alpha value is -2.14. The first-order valence-corrected chi connectivity index (χ1v) is 8.79. The summed E-state index contributed by atoms with van der Waals surface area (Å²) in [6.45, 7) is 0. The van der Waals surface area contributed by atoms with Crippen LogP contribution in [-0.2, 0) is 0 Å². The predicted octanol–water partition coefficient (Wildman–Crippen LogP) is 4.26. The quantitative estimate of drug-likeness (QED) is 0.765. The van der Waals surface area contributed by atoms with Crippen molar-refractivity contribution in [3.05, 3.63) is 51.8 Å². The molecule has 0 saturated heterocycles. The average molecular weight is 327 g/mol. The molecule has 4 rings (SSSR count). The summed E-state index contributed by atoms with van der Waals surface area (Å²) < 4.78 is 2.54. The van der Waals surface area contributed by atoms with Gasteiger partial charge in [-0.1, -0.05) is 31.4 Å². The van der Waals surface area contributed by atoms with Crippen LogP contribution in [0.2, 0.25) is 0 Å². The fraction of sp³-hybridized carbons (Fsp3) is 0.333. The highest BCUT2D eigenvalue weighted by Crippen LogP contribution is 2.34. The average Bonchev–Trinajstić information content (AvgIpc) is 2.95. The van der Waals surface area contributed by atoms with Crippen molar-refractivity contribution in [1.82, 2.24) is 4.40 Å². The van der Waals surface area contributed by atoms with Crippen molar-refractivity contribution in [2.45, 2.75) is 38.0 Å². The Bertz CT molecular complexity index is 963. The van der Waals surface area contributed by atoms with Gasteiger partial charge in [-0.3, -0.25) is 9.20 Å². The smallest absolute Gasteiger partial charge is 0.338 e. The Kier molecular flexibility index (Phi) is 3.45. The van der Waals surface area contributed by atoms with Crippen molar-refractivity contribution in [3.8, 4) is 0 Å². The lowest BCUT2D eigenvalue weighted by Crippen LogP contribution is -2.23. The van der Waals surface area contributed by atoms with Crippen molar-refractivity contribution in [2.75, 3.05) is 0 Å². The first kappa shape index (κ1) is 14.5. The van der Waals surface area contributed by atoms with Crippen LogP contribution < -0.4 is 5.56 Å². The van der Waals surface area contributed by atoms with Gasteiger partial charge in [0.05, 0.1) is 15.8 Å². The zero-order chi connectivity index (χ0) is 16.0. The number of aromatic carboxylic acids is 1. The number of hydrogen-bond donors (Lipinski definition) is 1. The zero-order valence-electron chi connectivity index (χ0n) is 12.6. The molecule has 4 nitrogen and oxygen atoms in total. The van der Waals surface area contributed by atoms with Crippen LogP contribution in [0.25, 0.3) is 15.0 Å². The summed E-state index contributed by atoms with van der Waals surface area (Å²) in [6.07, 6.45) is 5.37. The van der Waals surface area contributed by atoms with Crippen molar-refractivity contribution in [1.29, 1.82) is 0 Å². The number of thiazole rings is 1. The summed E-state index contributed by atoms with van der Waals surface area (Å²) in [4.78, 5) is 25.3. The van der Waals surface area contributed by atoms with Gasteiger partial charge in [-0.05, 0) is 37.0 Å². The highest BCUT2D eigenvalue weighted by molar-refractivity contribution is 7.24. The van der Waals surface area contributed by atoms with Crippen molar-refractivity contribution in [2.24, 2.45) is 0 Å². The van der Waals surface area contributed by atoms with E-state index < -0.39 is 5.97 Å². The van der Waals surface area contributed by atoms with Crippen LogP contribution in [0.15, 0.2) is 35.1 Å². The van der Waals surface area contributed by atoms with E-state index in [4.69, 9.17) is 0 Å². The van der Waals surface area contributed by atoms with E-state index in [-0.39, 0.29) is 17.0 Å². The van der Waals surface area contributed by atoms with Crippen molar-refractivity contribution < 1.29 is 9.90 Å². The molecule has 118 valence electrons. The lowest BCUT2D eigenvalue weighted by Gasteiger charge is -2.21. The van der Waals surface area contributed by atoms with Gasteiger partial charge in [-0.25, -0.2) is 4.79 Å². The largest absolute Gasteiger partial charge is 0.478 e. The normalized spacial score (nSPS) is 16.2. The predicted molar refractivity (Wildman–Crippen MR) is 91.8 cm³/mol. The molecule has 0 atom stereocenters. The van der Waals surface area contributed by atoms with Crippen molar-refractivity contribution in [3.63, 3.8) is 0 Å². The van der Waals surface area contributed by atoms with Gasteiger partial charge in [0.15, 0.2) is 0 Å². The van der Waals surface area contributed by atoms with Gasteiger partial charge < -0.3 is 5.11 Å². The van der Waals surface area contributed by atoms with E-state index in [9.17, 15) is 14.7 Å². The van der Waals surface area contributed by atoms with E-state index in [0.29, 0.717) is 10.4 Å². The zero-order valence-corrected chi connectivity index (χ0v) is 13.4. The Morgan fingerprint density at radius 3 is 2.65 bits per heavy atom. The first-order chi connectivity index (χ1) is 11.2. The van der Waals surface area contributed by atoms with Crippen LogP contribution >= 0.6 is 11.3 Å². The highest BCUT2D eigenvalue weighted by atomic mass is 32.1. The third-order valence-electron chi connectivity index (χ3n) is 4.77. The summed E-state index contributed by atoms with van der Waals surface area (Å²) in [6, 6.07) is 9.24. The second-order valence-electron chi connectivity index (χ2n) is 6.17. The molecule has 3 aromatic rings. The molecule has 23 heavy (non-hydrogen) atoms. The molecule has 1 aliphatic carbocycles. The molecule has 0 aliphatic heterocycles. The second-order valence-corrected chi connectivity index (χ2v) is 7.20. The van der Waals surface area contributed by atoms with Gasteiger partial charge in [0.25, 0.3) is 5.56 Å². The Balaban J connectivity index is 2.08. The summed E-state index contributed by atoms with van der Waals surface area (Å²) in [7, 11) is 0. The first-order valence-electron chi connectivity index (χ1n) is 7.97. The number of pyridine rings is 1. The fourth-order valence-electron chi connectivity index (χ4n) is 3.63. The van der Waals surface area contributed by atoms with E-state index in [2.05, 4.69) is 0 Å². The van der Waals surface area contributed by atoms with Crippen LogP contribution in [0.3, 0.4) is 0 Å². The maximum atomic E-state index is 13.1. The van der Waals surface area contributed by atoms with E-state index >= 15 is 0 Å². The number of hydrogen-bond acceptors (Lipinski definition) is 3. The third-order valence-corrected chi connectivity index (χ3v) is 5.93. The molecule has 1 N–H and O–H groups in total. The van der Waals surface area contributed by atoms with Gasteiger partial charge in [-0.15, -0.1) is 11.3 Å². The number of nitrogens with zero attached hydrogens (tertiary/aromatic N) is 1. The molecule has 1 aliphatic rings. The summed E-state index contributed by atoms with van der Waals surface area (Å²) >= 11 is 1.37. The minimum Gasteiger partial charge on any atom is -0.478 e. The van der Waals surface area contributed by atoms with Crippen LogP contribution in [0, 0.1) is 0 Å². The van der Waals surface area contributed by atoms with Crippen LogP contribution in [0.1, 0.15) is 53.9 Å². The molecule has 0 radical (unpaired) electrons. The lowest BCUT2D eigenvalue weighted by molar-refractivity contribution is 0.0698. The molecule has 1 saturated carbocycles. The molecular formula is C18H17NO3S. The molecule has 2 heterocycles. The molecule has 0 bridgehead atoms. The molecular weight excluding hydrogens is 310 g/mol. The SMILES string of the molecule is O=C(O)c1cc(C2CCCCC2)c(=O)n2c1sc1ccccc12. The maximum absolute atomic E-state index is 13.1. The molecule has 0 unspecified atom stereocenters. The number of benzene rings is 1. The van der Waals surface area contributed by atoms with E-state index in [1.165, 1.54) is 17.8 Å². The Labute approximate surface area is 137 Å². The monoisotopic (exact) mass is 327 g/mol. The lowest BCUT2D eigenvalue weighted by atomic mass is 9.84. The van der Waals surface area contributed by atoms with E-state index in [0.717, 1.165) is 35.9 Å². The molecule has 2 aromatic heterocycles. The number of carbonyl (C=O) groups is 1. The summed E-state index contributed by atoms with van der Waals surface area (Å²) in [5.41, 5.74) is 1.67. The van der Waals surface area contributed by atoms with Gasteiger partial charge in [0.1, 0.15) is 4.83 Å². The molecule has 0 amide bonds. The van der Waals surface area contributed by atoms with Crippen LogP contribution in [-0.4, -0.2) is 15.5 Å². The van der Waals surface area contributed by atoms with Gasteiger partial charge in [-0.2, -0.15) is 0 Å². The van der Waals surface area contributed by atoms with E-state index in [1.54, 1.807) is 10.5 Å². The molecule has 1 aromatic carbocycles. The van der Waals surface area contributed by atoms with Gasteiger partial charge in [0, 0.05) is 5.56 Å². The fourth-order valence-corrected chi connectivity index (χ4v) is 4.78. The molecule has 5 heteroatoms. The minimum atomic E-state index is -0.967. The number of carboxylic acid groups (broad SMARTS) is 1. The second kappa shape index (κ2) is 5.49.